The Balaban J connectivity index is 2.03. The standard InChI is InChI=1S/C14H14N6O2S/c1-2-19(14(21)22)18-11-9-12(20-7-4-6-15-20)17-13(16-11)10-5-3-8-23-10/h3-9H,2H2,1H3,(H,21,22)(H,16,17,18). The Kier molecular flexibility index (Phi) is 4.20. The minimum Gasteiger partial charge on any atom is -0.464 e. The van der Waals surface area contributed by atoms with Gasteiger partial charge in [0.05, 0.1) is 4.88 Å². The van der Waals surface area contributed by atoms with Gasteiger partial charge in [-0.2, -0.15) is 5.10 Å². The van der Waals surface area contributed by atoms with Gasteiger partial charge in [-0.3, -0.25) is 5.43 Å². The largest absolute Gasteiger partial charge is 0.464 e. The smallest absolute Gasteiger partial charge is 0.426 e. The molecule has 3 aromatic heterocycles. The van der Waals surface area contributed by atoms with Gasteiger partial charge in [-0.25, -0.2) is 24.5 Å². The quantitative estimate of drug-likeness (QED) is 0.698. The molecule has 0 atom stereocenters. The predicted octanol–water partition coefficient (Wildman–Crippen LogP) is 2.72. The van der Waals surface area contributed by atoms with Crippen molar-refractivity contribution < 1.29 is 9.90 Å². The third kappa shape index (κ3) is 3.29. The number of nitrogens with one attached hydrogen (secondary N) is 1. The van der Waals surface area contributed by atoms with E-state index in [1.807, 2.05) is 17.5 Å². The van der Waals surface area contributed by atoms with Crippen LogP contribution in [0.4, 0.5) is 10.6 Å². The number of hydrogen-bond donors (Lipinski definition) is 2. The summed E-state index contributed by atoms with van der Waals surface area (Å²) in [4.78, 5) is 20.9. The van der Waals surface area contributed by atoms with E-state index in [4.69, 9.17) is 5.11 Å². The fourth-order valence-corrected chi connectivity index (χ4v) is 2.59. The first-order chi connectivity index (χ1) is 11.2. The van der Waals surface area contributed by atoms with Gasteiger partial charge >= 0.3 is 6.09 Å². The summed E-state index contributed by atoms with van der Waals surface area (Å²) in [6.07, 6.45) is 2.33. The average Bonchev–Trinajstić information content (AvgIpc) is 3.24. The van der Waals surface area contributed by atoms with E-state index in [0.29, 0.717) is 17.5 Å². The highest BCUT2D eigenvalue weighted by molar-refractivity contribution is 7.13. The number of hydrazine groups is 1. The summed E-state index contributed by atoms with van der Waals surface area (Å²) in [7, 11) is 0. The molecule has 0 spiro atoms. The van der Waals surface area contributed by atoms with Crippen LogP contribution < -0.4 is 5.43 Å². The van der Waals surface area contributed by atoms with Crippen LogP contribution in [-0.2, 0) is 0 Å². The molecule has 0 unspecified atom stereocenters. The van der Waals surface area contributed by atoms with E-state index in [2.05, 4.69) is 20.5 Å². The molecule has 0 aliphatic heterocycles. The Labute approximate surface area is 136 Å². The Morgan fingerprint density at radius 2 is 2.30 bits per heavy atom. The van der Waals surface area contributed by atoms with Crippen LogP contribution in [0.15, 0.2) is 42.0 Å². The third-order valence-electron chi connectivity index (χ3n) is 2.99. The van der Waals surface area contributed by atoms with E-state index in [1.165, 1.54) is 11.3 Å². The highest BCUT2D eigenvalue weighted by atomic mass is 32.1. The highest BCUT2D eigenvalue weighted by Gasteiger charge is 2.14. The number of nitrogens with zero attached hydrogens (tertiary/aromatic N) is 5. The number of aromatic nitrogens is 4. The summed E-state index contributed by atoms with van der Waals surface area (Å²) in [6, 6.07) is 7.25. The van der Waals surface area contributed by atoms with Crippen molar-refractivity contribution in [2.45, 2.75) is 6.92 Å². The topological polar surface area (TPSA) is 96.2 Å². The molecule has 0 aliphatic rings. The molecule has 3 aromatic rings. The van der Waals surface area contributed by atoms with Crippen molar-refractivity contribution in [2.24, 2.45) is 0 Å². The highest BCUT2D eigenvalue weighted by Crippen LogP contribution is 2.24. The van der Waals surface area contributed by atoms with Crippen molar-refractivity contribution in [3.63, 3.8) is 0 Å². The summed E-state index contributed by atoms with van der Waals surface area (Å²) in [5.41, 5.74) is 2.78. The maximum Gasteiger partial charge on any atom is 0.426 e. The molecule has 0 radical (unpaired) electrons. The normalized spacial score (nSPS) is 10.5. The van der Waals surface area contributed by atoms with Crippen LogP contribution in [0.25, 0.3) is 16.5 Å². The molecular formula is C14H14N6O2S. The zero-order chi connectivity index (χ0) is 16.2. The van der Waals surface area contributed by atoms with E-state index in [9.17, 15) is 4.79 Å². The van der Waals surface area contributed by atoms with E-state index in [1.54, 1.807) is 36.1 Å². The summed E-state index contributed by atoms with van der Waals surface area (Å²) in [5, 5.41) is 16.3. The van der Waals surface area contributed by atoms with Crippen LogP contribution in [0.2, 0.25) is 0 Å². The van der Waals surface area contributed by atoms with Crippen molar-refractivity contribution in [1.82, 2.24) is 24.8 Å². The van der Waals surface area contributed by atoms with Gasteiger partial charge in [0.15, 0.2) is 17.5 Å². The van der Waals surface area contributed by atoms with Gasteiger partial charge in [0.2, 0.25) is 0 Å². The number of carboxylic acid groups (broad SMARTS) is 1. The fraction of sp³-hybridized carbons (Fsp3) is 0.143. The molecule has 0 saturated heterocycles. The number of hydrogen-bond acceptors (Lipinski definition) is 6. The Morgan fingerprint density at radius 3 is 2.91 bits per heavy atom. The summed E-state index contributed by atoms with van der Waals surface area (Å²) >= 11 is 1.51. The Bertz CT molecular complexity index is 735. The molecule has 0 aromatic carbocycles. The van der Waals surface area contributed by atoms with Gasteiger partial charge in [0, 0.05) is 25.0 Å². The second-order valence-electron chi connectivity index (χ2n) is 4.50. The lowest BCUT2D eigenvalue weighted by Crippen LogP contribution is -2.35. The minimum atomic E-state index is -1.08. The number of amides is 1. The molecular weight excluding hydrogens is 316 g/mol. The van der Waals surface area contributed by atoms with E-state index in [0.717, 1.165) is 9.89 Å². The molecule has 3 rings (SSSR count). The molecule has 118 valence electrons. The molecule has 2 N–H and O–H groups in total. The fourth-order valence-electron chi connectivity index (χ4n) is 1.93. The lowest BCUT2D eigenvalue weighted by molar-refractivity contribution is 0.157. The van der Waals surface area contributed by atoms with Gasteiger partial charge in [-0.05, 0) is 24.4 Å². The van der Waals surface area contributed by atoms with E-state index >= 15 is 0 Å². The van der Waals surface area contributed by atoms with Crippen molar-refractivity contribution >= 4 is 23.2 Å². The number of carbonyl (C=O) groups is 1. The van der Waals surface area contributed by atoms with Crippen LogP contribution in [-0.4, -0.2) is 42.5 Å². The van der Waals surface area contributed by atoms with Gasteiger partial charge in [-0.15, -0.1) is 11.3 Å². The van der Waals surface area contributed by atoms with Crippen LogP contribution in [0.5, 0.6) is 0 Å². The first kappa shape index (κ1) is 15.0. The molecule has 3 heterocycles. The zero-order valence-corrected chi connectivity index (χ0v) is 13.1. The van der Waals surface area contributed by atoms with Gasteiger partial charge in [0.1, 0.15) is 0 Å². The van der Waals surface area contributed by atoms with Crippen LogP contribution in [0.3, 0.4) is 0 Å². The summed E-state index contributed by atoms with van der Waals surface area (Å²) in [6.45, 7) is 2.02. The Morgan fingerprint density at radius 1 is 1.43 bits per heavy atom. The minimum absolute atomic E-state index is 0.283. The second-order valence-corrected chi connectivity index (χ2v) is 5.45. The lowest BCUT2D eigenvalue weighted by atomic mass is 10.4. The maximum atomic E-state index is 11.2. The van der Waals surface area contributed by atoms with Gasteiger partial charge < -0.3 is 5.11 Å². The Hall–Kier alpha value is -2.94. The SMILES string of the molecule is CCN(Nc1cc(-n2cccn2)nc(-c2cccs2)n1)C(=O)O. The predicted molar refractivity (Wildman–Crippen MR) is 86.5 cm³/mol. The number of thiophene rings is 1. The van der Waals surface area contributed by atoms with Crippen LogP contribution in [0.1, 0.15) is 6.92 Å². The molecule has 9 heteroatoms. The van der Waals surface area contributed by atoms with Gasteiger partial charge in [-0.1, -0.05) is 6.07 Å². The molecule has 8 nitrogen and oxygen atoms in total. The molecule has 0 bridgehead atoms. The second kappa shape index (κ2) is 6.44. The first-order valence-electron chi connectivity index (χ1n) is 6.87. The summed E-state index contributed by atoms with van der Waals surface area (Å²) < 4.78 is 1.60. The molecule has 1 amide bonds. The summed E-state index contributed by atoms with van der Waals surface area (Å²) in [5.74, 6) is 1.45. The van der Waals surface area contributed by atoms with E-state index in [-0.39, 0.29) is 6.54 Å². The van der Waals surface area contributed by atoms with Crippen LogP contribution >= 0.6 is 11.3 Å². The van der Waals surface area contributed by atoms with Crippen LogP contribution in [0, 0.1) is 0 Å². The van der Waals surface area contributed by atoms with Crippen molar-refractivity contribution in [2.75, 3.05) is 12.0 Å². The van der Waals surface area contributed by atoms with Crippen molar-refractivity contribution in [3.8, 4) is 16.5 Å². The third-order valence-corrected chi connectivity index (χ3v) is 3.86. The van der Waals surface area contributed by atoms with Gasteiger partial charge in [0.25, 0.3) is 0 Å². The average molecular weight is 330 g/mol. The lowest BCUT2D eigenvalue weighted by Gasteiger charge is -2.19. The monoisotopic (exact) mass is 330 g/mol. The molecule has 0 aliphatic carbocycles. The molecule has 0 fully saturated rings. The maximum absolute atomic E-state index is 11.2. The van der Waals surface area contributed by atoms with Crippen molar-refractivity contribution in [1.29, 1.82) is 0 Å². The zero-order valence-electron chi connectivity index (χ0n) is 12.2. The molecule has 23 heavy (non-hydrogen) atoms. The molecule has 0 saturated carbocycles. The number of rotatable bonds is 5. The van der Waals surface area contributed by atoms with Crippen molar-refractivity contribution in [3.05, 3.63) is 42.0 Å². The van der Waals surface area contributed by atoms with E-state index < -0.39 is 6.09 Å². The number of anilines is 1. The first-order valence-corrected chi connectivity index (χ1v) is 7.75.